The summed E-state index contributed by atoms with van der Waals surface area (Å²) in [6, 6.07) is 10.4. The molecule has 1 saturated carbocycles. The van der Waals surface area contributed by atoms with Gasteiger partial charge < -0.3 is 0 Å². The summed E-state index contributed by atoms with van der Waals surface area (Å²) in [5, 5.41) is 0.547. The van der Waals surface area contributed by atoms with E-state index >= 15 is 0 Å². The van der Waals surface area contributed by atoms with E-state index in [0.29, 0.717) is 17.0 Å². The Balaban J connectivity index is 1.95. The summed E-state index contributed by atoms with van der Waals surface area (Å²) in [5.74, 6) is 2.08. The van der Waals surface area contributed by atoms with E-state index in [4.69, 9.17) is 16.6 Å². The molecule has 0 bridgehead atoms. The Morgan fingerprint density at radius 3 is 2.70 bits per heavy atom. The SMILES string of the molecule is CC(C)Cc1cccc(-c2cc(Cl)nc(C3CC3)n2)c1. The van der Waals surface area contributed by atoms with Crippen LogP contribution in [0.5, 0.6) is 0 Å². The van der Waals surface area contributed by atoms with Crippen LogP contribution in [0.1, 0.15) is 44.0 Å². The molecule has 0 saturated heterocycles. The van der Waals surface area contributed by atoms with Crippen LogP contribution in [0.4, 0.5) is 0 Å². The molecule has 0 N–H and O–H groups in total. The minimum atomic E-state index is 0.520. The molecule has 0 unspecified atom stereocenters. The van der Waals surface area contributed by atoms with E-state index < -0.39 is 0 Å². The van der Waals surface area contributed by atoms with E-state index in [2.05, 4.69) is 43.1 Å². The topological polar surface area (TPSA) is 25.8 Å². The zero-order valence-corrected chi connectivity index (χ0v) is 12.7. The molecule has 1 aromatic heterocycles. The van der Waals surface area contributed by atoms with Crippen LogP contribution in [0.15, 0.2) is 30.3 Å². The number of benzene rings is 1. The maximum absolute atomic E-state index is 6.14. The van der Waals surface area contributed by atoms with Gasteiger partial charge in [0.15, 0.2) is 0 Å². The van der Waals surface area contributed by atoms with Gasteiger partial charge in [0.05, 0.1) is 5.69 Å². The van der Waals surface area contributed by atoms with Gasteiger partial charge in [-0.3, -0.25) is 0 Å². The molecular formula is C17H19ClN2. The van der Waals surface area contributed by atoms with E-state index in [1.54, 1.807) is 0 Å². The quantitative estimate of drug-likeness (QED) is 0.749. The van der Waals surface area contributed by atoms with Gasteiger partial charge in [0.2, 0.25) is 0 Å². The molecule has 1 aromatic carbocycles. The summed E-state index contributed by atoms with van der Waals surface area (Å²) in [6.07, 6.45) is 3.46. The Morgan fingerprint density at radius 1 is 1.20 bits per heavy atom. The normalized spacial score (nSPS) is 14.8. The first-order valence-electron chi connectivity index (χ1n) is 7.25. The Labute approximate surface area is 125 Å². The second-order valence-corrected chi connectivity index (χ2v) is 6.39. The first-order valence-corrected chi connectivity index (χ1v) is 7.63. The molecule has 3 heteroatoms. The lowest BCUT2D eigenvalue weighted by molar-refractivity contribution is 0.647. The van der Waals surface area contributed by atoms with Gasteiger partial charge in [-0.2, -0.15) is 0 Å². The Kier molecular flexibility index (Phi) is 3.75. The van der Waals surface area contributed by atoms with E-state index in [1.165, 1.54) is 18.4 Å². The van der Waals surface area contributed by atoms with Crippen LogP contribution in [0.2, 0.25) is 5.15 Å². The summed E-state index contributed by atoms with van der Waals surface area (Å²) in [7, 11) is 0. The van der Waals surface area contributed by atoms with Crippen molar-refractivity contribution in [1.82, 2.24) is 9.97 Å². The van der Waals surface area contributed by atoms with E-state index in [1.807, 2.05) is 6.07 Å². The lowest BCUT2D eigenvalue weighted by Crippen LogP contribution is -1.97. The number of rotatable bonds is 4. The maximum Gasteiger partial charge on any atom is 0.133 e. The predicted octanol–water partition coefficient (Wildman–Crippen LogP) is 4.87. The van der Waals surface area contributed by atoms with Gasteiger partial charge in [-0.1, -0.05) is 43.6 Å². The van der Waals surface area contributed by atoms with Crippen molar-refractivity contribution in [2.24, 2.45) is 5.92 Å². The highest BCUT2D eigenvalue weighted by Crippen LogP contribution is 2.39. The fraction of sp³-hybridized carbons (Fsp3) is 0.412. The molecule has 2 nitrogen and oxygen atoms in total. The first kappa shape index (κ1) is 13.6. The number of halogens is 1. The standard InChI is InChI=1S/C17H19ClN2/c1-11(2)8-12-4-3-5-14(9-12)15-10-16(18)20-17(19-15)13-6-7-13/h3-5,9-11,13H,6-8H2,1-2H3. The number of hydrogen-bond acceptors (Lipinski definition) is 2. The molecular weight excluding hydrogens is 268 g/mol. The maximum atomic E-state index is 6.14. The minimum absolute atomic E-state index is 0.520. The minimum Gasteiger partial charge on any atom is -0.232 e. The zero-order valence-electron chi connectivity index (χ0n) is 11.9. The van der Waals surface area contributed by atoms with Crippen LogP contribution >= 0.6 is 11.6 Å². The molecule has 3 rings (SSSR count). The van der Waals surface area contributed by atoms with Gasteiger partial charge >= 0.3 is 0 Å². The Bertz CT molecular complexity index is 618. The highest BCUT2D eigenvalue weighted by Gasteiger charge is 2.27. The smallest absolute Gasteiger partial charge is 0.133 e. The van der Waals surface area contributed by atoms with Crippen molar-refractivity contribution in [3.63, 3.8) is 0 Å². The second-order valence-electron chi connectivity index (χ2n) is 6.01. The van der Waals surface area contributed by atoms with Crippen molar-refractivity contribution in [1.29, 1.82) is 0 Å². The second kappa shape index (κ2) is 5.53. The number of nitrogens with zero attached hydrogens (tertiary/aromatic N) is 2. The summed E-state index contributed by atoms with van der Waals surface area (Å²) < 4.78 is 0. The van der Waals surface area contributed by atoms with Crippen molar-refractivity contribution in [2.45, 2.75) is 39.0 Å². The van der Waals surface area contributed by atoms with Crippen molar-refractivity contribution >= 4 is 11.6 Å². The molecule has 0 atom stereocenters. The average Bonchev–Trinajstić information content (AvgIpc) is 3.22. The molecule has 1 fully saturated rings. The third-order valence-corrected chi connectivity index (χ3v) is 3.72. The van der Waals surface area contributed by atoms with Crippen molar-refractivity contribution in [3.05, 3.63) is 46.9 Å². The van der Waals surface area contributed by atoms with Gasteiger partial charge in [0, 0.05) is 17.5 Å². The van der Waals surface area contributed by atoms with E-state index in [0.717, 1.165) is 23.5 Å². The Hall–Kier alpha value is -1.41. The summed E-state index contributed by atoms with van der Waals surface area (Å²) in [4.78, 5) is 9.04. The third kappa shape index (κ3) is 3.18. The van der Waals surface area contributed by atoms with E-state index in [9.17, 15) is 0 Å². The molecule has 1 aliphatic carbocycles. The Morgan fingerprint density at radius 2 is 2.00 bits per heavy atom. The highest BCUT2D eigenvalue weighted by molar-refractivity contribution is 6.29. The third-order valence-electron chi connectivity index (χ3n) is 3.52. The van der Waals surface area contributed by atoms with Crippen molar-refractivity contribution in [2.75, 3.05) is 0 Å². The van der Waals surface area contributed by atoms with Gasteiger partial charge in [0.25, 0.3) is 0 Å². The summed E-state index contributed by atoms with van der Waals surface area (Å²) >= 11 is 6.14. The van der Waals surface area contributed by atoms with Gasteiger partial charge in [0.1, 0.15) is 11.0 Å². The van der Waals surface area contributed by atoms with E-state index in [-0.39, 0.29) is 0 Å². The lowest BCUT2D eigenvalue weighted by Gasteiger charge is -2.08. The first-order chi connectivity index (χ1) is 9.61. The van der Waals surface area contributed by atoms with Gasteiger partial charge in [-0.15, -0.1) is 0 Å². The predicted molar refractivity (Wildman–Crippen MR) is 83.0 cm³/mol. The molecule has 1 heterocycles. The number of hydrogen-bond donors (Lipinski definition) is 0. The van der Waals surface area contributed by atoms with Crippen LogP contribution in [-0.2, 0) is 6.42 Å². The van der Waals surface area contributed by atoms with Crippen molar-refractivity contribution in [3.8, 4) is 11.3 Å². The number of aromatic nitrogens is 2. The highest BCUT2D eigenvalue weighted by atomic mass is 35.5. The summed E-state index contributed by atoms with van der Waals surface area (Å²) in [5.41, 5.74) is 3.42. The van der Waals surface area contributed by atoms with Crippen LogP contribution in [0.25, 0.3) is 11.3 Å². The van der Waals surface area contributed by atoms with Crippen LogP contribution in [0.3, 0.4) is 0 Å². The molecule has 0 spiro atoms. The molecule has 1 aliphatic rings. The fourth-order valence-corrected chi connectivity index (χ4v) is 2.63. The van der Waals surface area contributed by atoms with Gasteiger partial charge in [-0.25, -0.2) is 9.97 Å². The van der Waals surface area contributed by atoms with Crippen LogP contribution < -0.4 is 0 Å². The lowest BCUT2D eigenvalue weighted by atomic mass is 10.00. The fourth-order valence-electron chi connectivity index (χ4n) is 2.44. The molecule has 0 radical (unpaired) electrons. The zero-order chi connectivity index (χ0) is 14.1. The molecule has 104 valence electrons. The molecule has 0 aliphatic heterocycles. The molecule has 20 heavy (non-hydrogen) atoms. The summed E-state index contributed by atoms with van der Waals surface area (Å²) in [6.45, 7) is 4.47. The van der Waals surface area contributed by atoms with Crippen LogP contribution in [-0.4, -0.2) is 9.97 Å². The largest absolute Gasteiger partial charge is 0.232 e. The van der Waals surface area contributed by atoms with Gasteiger partial charge in [-0.05, 0) is 36.8 Å². The molecule has 0 amide bonds. The van der Waals surface area contributed by atoms with Crippen LogP contribution in [0, 0.1) is 5.92 Å². The molecule has 2 aromatic rings. The average molecular weight is 287 g/mol. The van der Waals surface area contributed by atoms with Crippen molar-refractivity contribution < 1.29 is 0 Å². The monoisotopic (exact) mass is 286 g/mol.